The predicted molar refractivity (Wildman–Crippen MR) is 86.4 cm³/mol. The lowest BCUT2D eigenvalue weighted by Crippen LogP contribution is -2.36. The molecule has 0 spiro atoms. The number of carbonyl (C=O) groups excluding carboxylic acids is 1. The van der Waals surface area contributed by atoms with Gasteiger partial charge in [-0.2, -0.15) is 13.2 Å². The van der Waals surface area contributed by atoms with Gasteiger partial charge < -0.3 is 14.4 Å². The summed E-state index contributed by atoms with van der Waals surface area (Å²) in [7, 11) is 1.80. The van der Waals surface area contributed by atoms with Crippen molar-refractivity contribution in [1.82, 2.24) is 19.6 Å². The zero-order valence-corrected chi connectivity index (χ0v) is 14.5. The van der Waals surface area contributed by atoms with Crippen molar-refractivity contribution in [2.24, 2.45) is 5.92 Å². The lowest BCUT2D eigenvalue weighted by Gasteiger charge is -2.27. The molecule has 1 amide bonds. The molecule has 0 bridgehead atoms. The van der Waals surface area contributed by atoms with E-state index in [1.807, 2.05) is 4.90 Å². The molecule has 2 aromatic rings. The molecule has 7 nitrogen and oxygen atoms in total. The minimum Gasteiger partial charge on any atom is -0.360 e. The van der Waals surface area contributed by atoms with Crippen LogP contribution in [0.1, 0.15) is 23.7 Å². The number of likely N-dealkylation sites (N-methyl/N-ethyl adjacent to an activating group) is 1. The summed E-state index contributed by atoms with van der Waals surface area (Å²) in [5, 5.41) is 6.34. The van der Waals surface area contributed by atoms with Gasteiger partial charge in [0, 0.05) is 31.8 Å². The largest absolute Gasteiger partial charge is 0.434 e. The molecule has 1 aliphatic rings. The fourth-order valence-corrected chi connectivity index (χ4v) is 3.16. The van der Waals surface area contributed by atoms with E-state index in [9.17, 15) is 18.0 Å². The normalized spacial score (nSPS) is 17.4. The molecule has 3 rings (SSSR count). The van der Waals surface area contributed by atoms with Crippen molar-refractivity contribution < 1.29 is 22.5 Å². The molecule has 0 radical (unpaired) electrons. The first kappa shape index (κ1) is 18.4. The third-order valence-corrected chi connectivity index (χ3v) is 4.26. The number of carbonyl (C=O) groups is 1. The molecule has 1 N–H and O–H groups in total. The standard InChI is InChI=1S/C16H20F3N5O2/c1-10-5-13(22-26-10)21-15(25)9-23(2)6-11-3-4-14-20-12(16(17,18)19)8-24(14)7-11/h5,8,11H,3-4,6-7,9H2,1-2H3,(H,21,22,25). The second-order valence-electron chi connectivity index (χ2n) is 6.66. The molecule has 0 aliphatic carbocycles. The van der Waals surface area contributed by atoms with E-state index in [4.69, 9.17) is 4.52 Å². The summed E-state index contributed by atoms with van der Waals surface area (Å²) in [4.78, 5) is 17.5. The summed E-state index contributed by atoms with van der Waals surface area (Å²) in [6.45, 7) is 2.95. The van der Waals surface area contributed by atoms with Crippen LogP contribution < -0.4 is 5.32 Å². The van der Waals surface area contributed by atoms with Crippen molar-refractivity contribution >= 4 is 11.7 Å². The monoisotopic (exact) mass is 371 g/mol. The summed E-state index contributed by atoms with van der Waals surface area (Å²) in [5.74, 6) is 1.37. The molecule has 26 heavy (non-hydrogen) atoms. The highest BCUT2D eigenvalue weighted by atomic mass is 19.4. The zero-order valence-electron chi connectivity index (χ0n) is 14.5. The van der Waals surface area contributed by atoms with Crippen LogP contribution in [0.25, 0.3) is 0 Å². The predicted octanol–water partition coefficient (Wildman–Crippen LogP) is 2.33. The third kappa shape index (κ3) is 4.43. The molecule has 1 atom stereocenters. The van der Waals surface area contributed by atoms with E-state index in [-0.39, 0.29) is 18.4 Å². The molecule has 10 heteroatoms. The third-order valence-electron chi connectivity index (χ3n) is 4.26. The van der Waals surface area contributed by atoms with E-state index in [1.165, 1.54) is 0 Å². The fraction of sp³-hybridized carbons (Fsp3) is 0.562. The lowest BCUT2D eigenvalue weighted by atomic mass is 9.99. The van der Waals surface area contributed by atoms with Gasteiger partial charge >= 0.3 is 6.18 Å². The Morgan fingerprint density at radius 2 is 2.27 bits per heavy atom. The highest BCUT2D eigenvalue weighted by molar-refractivity contribution is 5.91. The summed E-state index contributed by atoms with van der Waals surface area (Å²) >= 11 is 0. The Morgan fingerprint density at radius 3 is 2.92 bits per heavy atom. The van der Waals surface area contributed by atoms with Crippen molar-refractivity contribution in [3.05, 3.63) is 29.5 Å². The van der Waals surface area contributed by atoms with Crippen molar-refractivity contribution in [3.63, 3.8) is 0 Å². The van der Waals surface area contributed by atoms with Crippen LogP contribution in [0.2, 0.25) is 0 Å². The second-order valence-corrected chi connectivity index (χ2v) is 6.66. The van der Waals surface area contributed by atoms with Gasteiger partial charge in [-0.15, -0.1) is 0 Å². The number of hydrogen-bond donors (Lipinski definition) is 1. The molecule has 2 aromatic heterocycles. The van der Waals surface area contributed by atoms with Crippen molar-refractivity contribution in [2.75, 3.05) is 25.5 Å². The topological polar surface area (TPSA) is 76.2 Å². The molecular weight excluding hydrogens is 351 g/mol. The van der Waals surface area contributed by atoms with Crippen LogP contribution in [0.4, 0.5) is 19.0 Å². The Balaban J connectivity index is 1.51. The van der Waals surface area contributed by atoms with Gasteiger partial charge in [0.05, 0.1) is 6.54 Å². The SMILES string of the molecule is Cc1cc(NC(=O)CN(C)CC2CCc3nc(C(F)(F)F)cn3C2)no1. The maximum absolute atomic E-state index is 12.8. The molecule has 0 saturated carbocycles. The average molecular weight is 371 g/mol. The first-order valence-electron chi connectivity index (χ1n) is 8.25. The maximum Gasteiger partial charge on any atom is 0.434 e. The number of fused-ring (bicyclic) bond motifs is 1. The average Bonchev–Trinajstić information content (AvgIpc) is 3.12. The lowest BCUT2D eigenvalue weighted by molar-refractivity contribution is -0.141. The first-order chi connectivity index (χ1) is 12.2. The van der Waals surface area contributed by atoms with Crippen molar-refractivity contribution in [3.8, 4) is 0 Å². The number of amides is 1. The summed E-state index contributed by atoms with van der Waals surface area (Å²) in [6, 6.07) is 1.62. The number of nitrogens with one attached hydrogen (secondary N) is 1. The van der Waals surface area contributed by atoms with Crippen LogP contribution in [0.3, 0.4) is 0 Å². The number of hydrogen-bond acceptors (Lipinski definition) is 5. The molecular formula is C16H20F3N5O2. The van der Waals surface area contributed by atoms with E-state index >= 15 is 0 Å². The van der Waals surface area contributed by atoms with E-state index in [0.29, 0.717) is 36.9 Å². The second kappa shape index (κ2) is 7.10. The molecule has 1 unspecified atom stereocenters. The quantitative estimate of drug-likeness (QED) is 0.873. The van der Waals surface area contributed by atoms with E-state index in [0.717, 1.165) is 12.6 Å². The Morgan fingerprint density at radius 1 is 1.50 bits per heavy atom. The van der Waals surface area contributed by atoms with Gasteiger partial charge in [0.15, 0.2) is 11.5 Å². The number of aryl methyl sites for hydroxylation is 2. The van der Waals surface area contributed by atoms with Crippen LogP contribution in [0, 0.1) is 12.8 Å². The molecule has 3 heterocycles. The summed E-state index contributed by atoms with van der Waals surface area (Å²) < 4.78 is 44.8. The number of nitrogens with zero attached hydrogens (tertiary/aromatic N) is 4. The van der Waals surface area contributed by atoms with Gasteiger partial charge in [0.25, 0.3) is 0 Å². The molecule has 0 fully saturated rings. The highest BCUT2D eigenvalue weighted by Gasteiger charge is 2.35. The molecule has 0 saturated heterocycles. The number of anilines is 1. The van der Waals surface area contributed by atoms with E-state index in [2.05, 4.69) is 15.5 Å². The van der Waals surface area contributed by atoms with Gasteiger partial charge in [-0.1, -0.05) is 5.16 Å². The van der Waals surface area contributed by atoms with Gasteiger partial charge in [0.1, 0.15) is 11.6 Å². The first-order valence-corrected chi connectivity index (χ1v) is 8.25. The minimum absolute atomic E-state index is 0.157. The summed E-state index contributed by atoms with van der Waals surface area (Å²) in [6.07, 6.45) is -2.11. The number of aromatic nitrogens is 3. The Labute approximate surface area is 148 Å². The van der Waals surface area contributed by atoms with Crippen LogP contribution in [0.5, 0.6) is 0 Å². The zero-order chi connectivity index (χ0) is 18.9. The van der Waals surface area contributed by atoms with Crippen molar-refractivity contribution in [2.45, 2.75) is 32.5 Å². The molecule has 0 aromatic carbocycles. The van der Waals surface area contributed by atoms with Gasteiger partial charge in [-0.05, 0) is 26.3 Å². The van der Waals surface area contributed by atoms with Crippen LogP contribution >= 0.6 is 0 Å². The maximum atomic E-state index is 12.8. The van der Waals surface area contributed by atoms with Crippen LogP contribution in [0.15, 0.2) is 16.8 Å². The van der Waals surface area contributed by atoms with Gasteiger partial charge in [-0.25, -0.2) is 4.98 Å². The van der Waals surface area contributed by atoms with Crippen molar-refractivity contribution in [1.29, 1.82) is 0 Å². The number of rotatable bonds is 5. The molecule has 142 valence electrons. The Hall–Kier alpha value is -2.36. The minimum atomic E-state index is -4.42. The van der Waals surface area contributed by atoms with Crippen LogP contribution in [-0.2, 0) is 23.9 Å². The fourth-order valence-electron chi connectivity index (χ4n) is 3.16. The highest BCUT2D eigenvalue weighted by Crippen LogP contribution is 2.30. The number of alkyl halides is 3. The Kier molecular flexibility index (Phi) is 5.03. The van der Waals surface area contributed by atoms with E-state index < -0.39 is 11.9 Å². The van der Waals surface area contributed by atoms with E-state index in [1.54, 1.807) is 24.6 Å². The Bertz CT molecular complexity index is 783. The number of halogens is 3. The molecule has 1 aliphatic heterocycles. The van der Waals surface area contributed by atoms with Gasteiger partial charge in [0.2, 0.25) is 5.91 Å². The smallest absolute Gasteiger partial charge is 0.360 e. The number of imidazole rings is 1. The van der Waals surface area contributed by atoms with Crippen LogP contribution in [-0.4, -0.2) is 45.7 Å². The van der Waals surface area contributed by atoms with Gasteiger partial charge in [-0.3, -0.25) is 9.69 Å². The summed E-state index contributed by atoms with van der Waals surface area (Å²) in [5.41, 5.74) is -0.844.